The van der Waals surface area contributed by atoms with Gasteiger partial charge in [0.25, 0.3) is 5.91 Å². The number of hydrogen-bond donors (Lipinski definition) is 1. The maximum atomic E-state index is 12.2. The van der Waals surface area contributed by atoms with Crippen LogP contribution >= 0.6 is 11.6 Å². The molecule has 27 heavy (non-hydrogen) atoms. The molecule has 0 fully saturated rings. The van der Waals surface area contributed by atoms with Crippen LogP contribution in [0.5, 0.6) is 5.75 Å². The second-order valence-corrected chi connectivity index (χ2v) is 6.97. The number of esters is 1. The van der Waals surface area contributed by atoms with Crippen molar-refractivity contribution in [3.05, 3.63) is 64.7 Å². The van der Waals surface area contributed by atoms with Crippen molar-refractivity contribution in [1.29, 1.82) is 0 Å². The maximum Gasteiger partial charge on any atom is 0.347 e. The fourth-order valence-corrected chi connectivity index (χ4v) is 3.29. The lowest BCUT2D eigenvalue weighted by Crippen LogP contribution is -2.36. The summed E-state index contributed by atoms with van der Waals surface area (Å²) in [6.45, 7) is 1.25. The van der Waals surface area contributed by atoms with E-state index in [4.69, 9.17) is 21.1 Å². The summed E-state index contributed by atoms with van der Waals surface area (Å²) < 4.78 is 10.6. The Labute approximate surface area is 163 Å². The fraction of sp³-hybridized carbons (Fsp3) is 0.333. The molecule has 1 aliphatic carbocycles. The van der Waals surface area contributed by atoms with Crippen molar-refractivity contribution in [3.63, 3.8) is 0 Å². The predicted octanol–water partition coefficient (Wildman–Crippen LogP) is 3.84. The van der Waals surface area contributed by atoms with E-state index in [0.717, 1.165) is 24.8 Å². The average molecular weight is 388 g/mol. The summed E-state index contributed by atoms with van der Waals surface area (Å²) in [7, 11) is 0. The molecule has 1 amide bonds. The van der Waals surface area contributed by atoms with Gasteiger partial charge in [-0.3, -0.25) is 4.79 Å². The third-order valence-electron chi connectivity index (χ3n) is 4.51. The topological polar surface area (TPSA) is 64.6 Å². The predicted molar refractivity (Wildman–Crippen MR) is 103 cm³/mol. The zero-order valence-electron chi connectivity index (χ0n) is 15.1. The van der Waals surface area contributed by atoms with E-state index >= 15 is 0 Å². The Hall–Kier alpha value is -2.53. The van der Waals surface area contributed by atoms with E-state index in [-0.39, 0.29) is 18.6 Å². The standard InChI is InChI=1S/C21H22ClNO4/c1-14(27-17-11-9-16(22)10-12-17)21(25)26-13-20(24)23-19-8-4-6-15-5-2-3-7-18(15)19/h2-3,5,7,9-12,14,19H,4,6,8,13H2,1H3,(H,23,24)/t14-,19+/m1/s1. The van der Waals surface area contributed by atoms with Gasteiger partial charge in [0.1, 0.15) is 5.75 Å². The highest BCUT2D eigenvalue weighted by molar-refractivity contribution is 6.30. The van der Waals surface area contributed by atoms with Gasteiger partial charge in [-0.1, -0.05) is 35.9 Å². The van der Waals surface area contributed by atoms with Gasteiger partial charge >= 0.3 is 5.97 Å². The maximum absolute atomic E-state index is 12.2. The molecule has 0 radical (unpaired) electrons. The van der Waals surface area contributed by atoms with E-state index in [1.165, 1.54) is 5.56 Å². The molecule has 1 N–H and O–H groups in total. The third-order valence-corrected chi connectivity index (χ3v) is 4.76. The SMILES string of the molecule is C[C@@H](Oc1ccc(Cl)cc1)C(=O)OCC(=O)N[C@H]1CCCc2ccccc21. The smallest absolute Gasteiger partial charge is 0.347 e. The Bertz CT molecular complexity index is 806. The number of carbonyl (C=O) groups excluding carboxylic acids is 2. The fourth-order valence-electron chi connectivity index (χ4n) is 3.16. The van der Waals surface area contributed by atoms with Crippen molar-refractivity contribution in [2.75, 3.05) is 6.61 Å². The molecule has 0 saturated heterocycles. The van der Waals surface area contributed by atoms with Gasteiger partial charge in [-0.2, -0.15) is 0 Å². The van der Waals surface area contributed by atoms with Gasteiger partial charge in [0, 0.05) is 5.02 Å². The molecule has 0 unspecified atom stereocenters. The Morgan fingerprint density at radius 3 is 2.70 bits per heavy atom. The number of carbonyl (C=O) groups is 2. The zero-order chi connectivity index (χ0) is 19.2. The highest BCUT2D eigenvalue weighted by Gasteiger charge is 2.23. The molecule has 0 bridgehead atoms. The van der Waals surface area contributed by atoms with Crippen molar-refractivity contribution in [2.45, 2.75) is 38.3 Å². The van der Waals surface area contributed by atoms with Crippen molar-refractivity contribution >= 4 is 23.5 Å². The van der Waals surface area contributed by atoms with Gasteiger partial charge in [-0.25, -0.2) is 4.79 Å². The summed E-state index contributed by atoms with van der Waals surface area (Å²) in [5.74, 6) is -0.403. The highest BCUT2D eigenvalue weighted by atomic mass is 35.5. The van der Waals surface area contributed by atoms with E-state index in [1.54, 1.807) is 31.2 Å². The molecule has 0 heterocycles. The van der Waals surface area contributed by atoms with Crippen LogP contribution in [-0.2, 0) is 20.7 Å². The van der Waals surface area contributed by atoms with Gasteiger partial charge in [0.2, 0.25) is 0 Å². The summed E-state index contributed by atoms with van der Waals surface area (Å²) in [6, 6.07) is 14.7. The summed E-state index contributed by atoms with van der Waals surface area (Å²) in [4.78, 5) is 24.3. The number of aryl methyl sites for hydroxylation is 1. The van der Waals surface area contributed by atoms with E-state index in [1.807, 2.05) is 18.2 Å². The van der Waals surface area contributed by atoms with E-state index < -0.39 is 12.1 Å². The van der Waals surface area contributed by atoms with E-state index in [2.05, 4.69) is 11.4 Å². The van der Waals surface area contributed by atoms with E-state index in [0.29, 0.717) is 10.8 Å². The largest absolute Gasteiger partial charge is 0.479 e. The van der Waals surface area contributed by atoms with Crippen LogP contribution in [-0.4, -0.2) is 24.6 Å². The first kappa shape index (κ1) is 19.2. The summed E-state index contributed by atoms with van der Waals surface area (Å²) in [6.07, 6.45) is 2.10. The summed E-state index contributed by atoms with van der Waals surface area (Å²) in [5.41, 5.74) is 2.40. The molecule has 142 valence electrons. The number of halogens is 1. The minimum Gasteiger partial charge on any atom is -0.479 e. The van der Waals surface area contributed by atoms with Crippen LogP contribution < -0.4 is 10.1 Å². The first-order chi connectivity index (χ1) is 13.0. The van der Waals surface area contributed by atoms with Crippen LogP contribution in [0.25, 0.3) is 0 Å². The normalized spacial score (nSPS) is 16.7. The monoisotopic (exact) mass is 387 g/mol. The molecule has 0 spiro atoms. The minimum atomic E-state index is -0.825. The van der Waals surface area contributed by atoms with Crippen LogP contribution in [0.15, 0.2) is 48.5 Å². The van der Waals surface area contributed by atoms with Crippen molar-refractivity contribution < 1.29 is 19.1 Å². The van der Waals surface area contributed by atoms with Crippen molar-refractivity contribution in [1.82, 2.24) is 5.32 Å². The Balaban J connectivity index is 1.47. The molecule has 2 aromatic rings. The quantitative estimate of drug-likeness (QED) is 0.765. The second-order valence-electron chi connectivity index (χ2n) is 6.53. The van der Waals surface area contributed by atoms with E-state index in [9.17, 15) is 9.59 Å². The zero-order valence-corrected chi connectivity index (χ0v) is 15.9. The number of rotatable bonds is 6. The van der Waals surface area contributed by atoms with Crippen LogP contribution in [0.3, 0.4) is 0 Å². The number of nitrogens with one attached hydrogen (secondary N) is 1. The van der Waals surface area contributed by atoms with Crippen LogP contribution in [0.4, 0.5) is 0 Å². The highest BCUT2D eigenvalue weighted by Crippen LogP contribution is 2.29. The van der Waals surface area contributed by atoms with Crippen LogP contribution in [0, 0.1) is 0 Å². The Kier molecular flexibility index (Phi) is 6.35. The first-order valence-electron chi connectivity index (χ1n) is 8.99. The third kappa shape index (κ3) is 5.23. The molecule has 0 aliphatic heterocycles. The molecular weight excluding hydrogens is 366 g/mol. The average Bonchev–Trinajstić information content (AvgIpc) is 2.68. The van der Waals surface area contributed by atoms with Crippen molar-refractivity contribution in [3.8, 4) is 5.75 Å². The van der Waals surface area contributed by atoms with Crippen LogP contribution in [0.1, 0.15) is 36.9 Å². The number of amides is 1. The molecule has 6 heteroatoms. The van der Waals surface area contributed by atoms with Crippen LogP contribution in [0.2, 0.25) is 5.02 Å². The molecule has 1 aliphatic rings. The molecule has 5 nitrogen and oxygen atoms in total. The second kappa shape index (κ2) is 8.91. The molecular formula is C21H22ClNO4. The lowest BCUT2D eigenvalue weighted by atomic mass is 9.88. The molecule has 0 aromatic heterocycles. The van der Waals surface area contributed by atoms with Gasteiger partial charge in [0.05, 0.1) is 6.04 Å². The Morgan fingerprint density at radius 1 is 1.19 bits per heavy atom. The lowest BCUT2D eigenvalue weighted by molar-refractivity contribution is -0.154. The number of fused-ring (bicyclic) bond motifs is 1. The molecule has 3 rings (SSSR count). The Morgan fingerprint density at radius 2 is 1.93 bits per heavy atom. The van der Waals surface area contributed by atoms with Gasteiger partial charge < -0.3 is 14.8 Å². The summed E-state index contributed by atoms with van der Waals surface area (Å²) in [5, 5.41) is 3.54. The number of hydrogen-bond acceptors (Lipinski definition) is 4. The number of ether oxygens (including phenoxy) is 2. The lowest BCUT2D eigenvalue weighted by Gasteiger charge is -2.26. The molecule has 0 saturated carbocycles. The van der Waals surface area contributed by atoms with Crippen molar-refractivity contribution in [2.24, 2.45) is 0 Å². The minimum absolute atomic E-state index is 0.0381. The van der Waals surface area contributed by atoms with Gasteiger partial charge in [0.15, 0.2) is 12.7 Å². The number of benzene rings is 2. The van der Waals surface area contributed by atoms with Gasteiger partial charge in [-0.05, 0) is 61.6 Å². The molecule has 2 atom stereocenters. The summed E-state index contributed by atoms with van der Waals surface area (Å²) >= 11 is 5.82. The first-order valence-corrected chi connectivity index (χ1v) is 9.37. The molecule has 2 aromatic carbocycles. The van der Waals surface area contributed by atoms with Gasteiger partial charge in [-0.15, -0.1) is 0 Å².